The molecule has 1 rings (SSSR count). The van der Waals surface area contributed by atoms with Crippen LogP contribution >= 0.6 is 12.2 Å². The third-order valence-electron chi connectivity index (χ3n) is 1.77. The first-order valence-corrected chi connectivity index (χ1v) is 4.70. The number of thiocarbonyl (C=S) groups is 1. The van der Waals surface area contributed by atoms with Crippen molar-refractivity contribution >= 4 is 29.3 Å². The Labute approximate surface area is 93.2 Å². The normalized spacial score (nSPS) is 10.2. The van der Waals surface area contributed by atoms with Gasteiger partial charge in [-0.25, -0.2) is 0 Å². The number of nitrogens with one attached hydrogen (secondary N) is 1. The summed E-state index contributed by atoms with van der Waals surface area (Å²) in [6.07, 6.45) is 1.15. The average Bonchev–Trinajstić information content (AvgIpc) is 2.17. The zero-order valence-corrected chi connectivity index (χ0v) is 9.04. The Hall–Kier alpha value is -1.75. The Morgan fingerprint density at radius 3 is 2.80 bits per heavy atom. The lowest BCUT2D eigenvalue weighted by molar-refractivity contribution is 0.107. The predicted molar refractivity (Wildman–Crippen MR) is 63.9 cm³/mol. The molecule has 3 N–H and O–H groups in total. The number of rotatable bonds is 3. The topological polar surface area (TPSA) is 67.5 Å². The molecule has 0 heterocycles. The van der Waals surface area contributed by atoms with Crippen molar-refractivity contribution in [3.8, 4) is 0 Å². The van der Waals surface area contributed by atoms with Gasteiger partial charge in [-0.05, 0) is 24.7 Å². The molecule has 0 aliphatic carbocycles. The van der Waals surface area contributed by atoms with Crippen LogP contribution in [0.4, 0.5) is 0 Å². The van der Waals surface area contributed by atoms with Gasteiger partial charge in [-0.15, -0.1) is 0 Å². The molecule has 0 saturated carbocycles. The van der Waals surface area contributed by atoms with Crippen molar-refractivity contribution in [2.45, 2.75) is 6.92 Å². The molecular formula is C10H11N3OS. The summed E-state index contributed by atoms with van der Waals surface area (Å²) in [6, 6.07) is 7.28. The highest BCUT2D eigenvalue weighted by atomic mass is 32.1. The number of nitrogens with two attached hydrogens (primary N) is 1. The lowest BCUT2D eigenvalue weighted by Crippen LogP contribution is -2.24. The second-order valence-corrected chi connectivity index (χ2v) is 3.35. The molecule has 1 aromatic rings. The molecule has 5 heteroatoms. The van der Waals surface area contributed by atoms with Crippen LogP contribution in [0.15, 0.2) is 29.4 Å². The molecule has 0 radical (unpaired) electrons. The van der Waals surface area contributed by atoms with Gasteiger partial charge in [0.15, 0.2) is 5.11 Å². The van der Waals surface area contributed by atoms with Crippen LogP contribution in [0.1, 0.15) is 15.9 Å². The summed E-state index contributed by atoms with van der Waals surface area (Å²) < 4.78 is 0. The fourth-order valence-electron chi connectivity index (χ4n) is 1.07. The monoisotopic (exact) mass is 221 g/mol. The zero-order chi connectivity index (χ0) is 11.3. The van der Waals surface area contributed by atoms with Crippen LogP contribution in [0.25, 0.3) is 0 Å². The number of carbonyl (C=O) groups is 1. The van der Waals surface area contributed by atoms with Crippen LogP contribution < -0.4 is 11.2 Å². The van der Waals surface area contributed by atoms with E-state index in [1.807, 2.05) is 19.1 Å². The first-order chi connectivity index (χ1) is 7.11. The summed E-state index contributed by atoms with van der Waals surface area (Å²) in [5.41, 5.74) is 8.99. The van der Waals surface area contributed by atoms with E-state index in [4.69, 9.17) is 5.73 Å². The van der Waals surface area contributed by atoms with Crippen molar-refractivity contribution in [2.75, 3.05) is 0 Å². The van der Waals surface area contributed by atoms with Gasteiger partial charge in [-0.1, -0.05) is 24.3 Å². The molecule has 0 spiro atoms. The standard InChI is InChI=1S/C10H11N3OS/c1-7-4-2-3-5-8(7)9(14)6-12-13-10(11)15/h2-6H,1H3,(H3,11,13,15)/b12-6+. The van der Waals surface area contributed by atoms with E-state index in [9.17, 15) is 4.79 Å². The number of hydrazone groups is 1. The minimum atomic E-state index is -0.183. The molecule has 78 valence electrons. The Morgan fingerprint density at radius 2 is 2.20 bits per heavy atom. The summed E-state index contributed by atoms with van der Waals surface area (Å²) in [6.45, 7) is 1.86. The van der Waals surface area contributed by atoms with Gasteiger partial charge in [0.1, 0.15) is 0 Å². The van der Waals surface area contributed by atoms with Gasteiger partial charge in [0.05, 0.1) is 6.21 Å². The Kier molecular flexibility index (Phi) is 3.93. The largest absolute Gasteiger partial charge is 0.375 e. The summed E-state index contributed by atoms with van der Waals surface area (Å²) in [5, 5.41) is 3.63. The Bertz CT molecular complexity index is 415. The molecule has 0 bridgehead atoms. The third kappa shape index (κ3) is 3.47. The number of hydrogen-bond donors (Lipinski definition) is 2. The maximum atomic E-state index is 11.6. The number of benzene rings is 1. The predicted octanol–water partition coefficient (Wildman–Crippen LogP) is 0.997. The number of hydrogen-bond acceptors (Lipinski definition) is 3. The second kappa shape index (κ2) is 5.21. The number of carbonyl (C=O) groups excluding carboxylic acids is 1. The van der Waals surface area contributed by atoms with Crippen molar-refractivity contribution in [3.05, 3.63) is 35.4 Å². The molecule has 1 aromatic carbocycles. The fraction of sp³-hybridized carbons (Fsp3) is 0.100. The van der Waals surface area contributed by atoms with Crippen molar-refractivity contribution in [1.29, 1.82) is 0 Å². The molecule has 0 unspecified atom stereocenters. The lowest BCUT2D eigenvalue weighted by Gasteiger charge is -1.99. The summed E-state index contributed by atoms with van der Waals surface area (Å²) in [4.78, 5) is 11.6. The van der Waals surface area contributed by atoms with Crippen LogP contribution in [-0.2, 0) is 0 Å². The van der Waals surface area contributed by atoms with E-state index in [1.165, 1.54) is 0 Å². The minimum absolute atomic E-state index is 0.0313. The molecule has 0 saturated heterocycles. The summed E-state index contributed by atoms with van der Waals surface area (Å²) in [7, 11) is 0. The number of aryl methyl sites for hydroxylation is 1. The van der Waals surface area contributed by atoms with Gasteiger partial charge < -0.3 is 5.73 Å². The smallest absolute Gasteiger partial charge is 0.206 e. The summed E-state index contributed by atoms with van der Waals surface area (Å²) in [5.74, 6) is -0.183. The van der Waals surface area contributed by atoms with E-state index in [0.29, 0.717) is 5.56 Å². The molecule has 0 amide bonds. The highest BCUT2D eigenvalue weighted by Crippen LogP contribution is 2.06. The van der Waals surface area contributed by atoms with E-state index in [1.54, 1.807) is 12.1 Å². The van der Waals surface area contributed by atoms with Gasteiger partial charge in [0, 0.05) is 5.56 Å². The van der Waals surface area contributed by atoms with Crippen molar-refractivity contribution in [3.63, 3.8) is 0 Å². The molecule has 0 aliphatic heterocycles. The molecule has 0 fully saturated rings. The molecule has 15 heavy (non-hydrogen) atoms. The molecule has 0 aliphatic rings. The van der Waals surface area contributed by atoms with Gasteiger partial charge in [-0.2, -0.15) is 5.10 Å². The maximum absolute atomic E-state index is 11.6. The minimum Gasteiger partial charge on any atom is -0.375 e. The van der Waals surface area contributed by atoms with Crippen LogP contribution in [0.3, 0.4) is 0 Å². The molecular weight excluding hydrogens is 210 g/mol. The number of Topliss-reactive ketones (excluding diaryl/α,β-unsaturated/α-hetero) is 1. The molecule has 0 atom stereocenters. The first-order valence-electron chi connectivity index (χ1n) is 4.29. The van der Waals surface area contributed by atoms with E-state index < -0.39 is 0 Å². The Morgan fingerprint density at radius 1 is 1.53 bits per heavy atom. The number of ketones is 1. The van der Waals surface area contributed by atoms with Crippen LogP contribution in [0, 0.1) is 6.92 Å². The van der Waals surface area contributed by atoms with Gasteiger partial charge in [0.2, 0.25) is 5.78 Å². The highest BCUT2D eigenvalue weighted by Gasteiger charge is 2.04. The van der Waals surface area contributed by atoms with Crippen molar-refractivity contribution in [1.82, 2.24) is 5.43 Å². The van der Waals surface area contributed by atoms with Crippen molar-refractivity contribution < 1.29 is 4.79 Å². The van der Waals surface area contributed by atoms with E-state index in [-0.39, 0.29) is 10.9 Å². The third-order valence-corrected chi connectivity index (χ3v) is 1.86. The van der Waals surface area contributed by atoms with Crippen LogP contribution in [-0.4, -0.2) is 17.1 Å². The van der Waals surface area contributed by atoms with Gasteiger partial charge in [-0.3, -0.25) is 10.2 Å². The van der Waals surface area contributed by atoms with Gasteiger partial charge >= 0.3 is 0 Å². The highest BCUT2D eigenvalue weighted by molar-refractivity contribution is 7.80. The summed E-state index contributed by atoms with van der Waals surface area (Å²) >= 11 is 4.53. The Balaban J connectivity index is 2.74. The maximum Gasteiger partial charge on any atom is 0.206 e. The fourth-order valence-corrected chi connectivity index (χ4v) is 1.13. The average molecular weight is 221 g/mol. The first kappa shape index (κ1) is 11.3. The van der Waals surface area contributed by atoms with Crippen molar-refractivity contribution in [2.24, 2.45) is 10.8 Å². The quantitative estimate of drug-likeness (QED) is 0.346. The van der Waals surface area contributed by atoms with Gasteiger partial charge in [0.25, 0.3) is 0 Å². The molecule has 4 nitrogen and oxygen atoms in total. The van der Waals surface area contributed by atoms with Crippen LogP contribution in [0.5, 0.6) is 0 Å². The SMILES string of the molecule is Cc1ccccc1C(=O)/C=N/NC(N)=S. The number of nitrogens with zero attached hydrogens (tertiary/aromatic N) is 1. The lowest BCUT2D eigenvalue weighted by atomic mass is 10.1. The zero-order valence-electron chi connectivity index (χ0n) is 8.23. The van der Waals surface area contributed by atoms with Crippen LogP contribution in [0.2, 0.25) is 0 Å². The van der Waals surface area contributed by atoms with E-state index in [2.05, 4.69) is 22.7 Å². The van der Waals surface area contributed by atoms with E-state index in [0.717, 1.165) is 11.8 Å². The molecule has 0 aromatic heterocycles. The second-order valence-electron chi connectivity index (χ2n) is 2.91. The van der Waals surface area contributed by atoms with E-state index >= 15 is 0 Å².